The Morgan fingerprint density at radius 1 is 1.43 bits per heavy atom. The molecule has 3 N–H and O–H groups in total. The second kappa shape index (κ2) is 4.64. The maximum atomic E-state index is 9.63. The normalized spacial score (nSPS) is 32.5. The molecule has 2 aliphatic heterocycles. The molecule has 4 rings (SSSR count). The fraction of sp³-hybridized carbons (Fsp3) is 0.600. The second-order valence-corrected chi connectivity index (χ2v) is 6.66. The van der Waals surface area contributed by atoms with Crippen LogP contribution in [-0.4, -0.2) is 43.8 Å². The van der Waals surface area contributed by atoms with Gasteiger partial charge >= 0.3 is 0 Å². The van der Waals surface area contributed by atoms with Crippen LogP contribution in [0.4, 0.5) is 5.82 Å². The topological polar surface area (TPSA) is 104 Å². The zero-order valence-electron chi connectivity index (χ0n) is 13.3. The molecule has 0 aliphatic carbocycles. The highest BCUT2D eigenvalue weighted by Gasteiger charge is 2.60. The van der Waals surface area contributed by atoms with Crippen LogP contribution in [0.1, 0.15) is 38.1 Å². The summed E-state index contributed by atoms with van der Waals surface area (Å²) < 4.78 is 19.7. The van der Waals surface area contributed by atoms with Crippen molar-refractivity contribution in [2.75, 3.05) is 12.3 Å². The van der Waals surface area contributed by atoms with Gasteiger partial charge in [0.2, 0.25) is 0 Å². The molecule has 0 radical (unpaired) electrons. The predicted octanol–water partition coefficient (Wildman–Crippen LogP) is 0.785. The van der Waals surface area contributed by atoms with Gasteiger partial charge < -0.3 is 25.1 Å². The van der Waals surface area contributed by atoms with Gasteiger partial charge in [-0.2, -0.15) is 5.10 Å². The Labute approximate surface area is 133 Å². The van der Waals surface area contributed by atoms with Crippen molar-refractivity contribution < 1.29 is 19.3 Å². The van der Waals surface area contributed by atoms with E-state index in [1.54, 1.807) is 4.52 Å². The molecule has 0 amide bonds. The average Bonchev–Trinajstić information content (AvgIpc) is 3.05. The number of aliphatic hydroxyl groups excluding tert-OH is 1. The van der Waals surface area contributed by atoms with Crippen LogP contribution in [0, 0.1) is 0 Å². The molecule has 8 nitrogen and oxygen atoms in total. The second-order valence-electron chi connectivity index (χ2n) is 6.66. The van der Waals surface area contributed by atoms with E-state index in [2.05, 4.69) is 10.1 Å². The maximum absolute atomic E-state index is 9.63. The predicted molar refractivity (Wildman–Crippen MR) is 80.5 cm³/mol. The van der Waals surface area contributed by atoms with Crippen LogP contribution in [0.3, 0.4) is 0 Å². The van der Waals surface area contributed by atoms with Gasteiger partial charge in [0.25, 0.3) is 0 Å². The monoisotopic (exact) mass is 320 g/mol. The van der Waals surface area contributed by atoms with Crippen LogP contribution in [-0.2, 0) is 20.8 Å². The van der Waals surface area contributed by atoms with Gasteiger partial charge in [-0.15, -0.1) is 0 Å². The summed E-state index contributed by atoms with van der Waals surface area (Å²) in [7, 11) is 0. The molecule has 4 heterocycles. The van der Waals surface area contributed by atoms with Gasteiger partial charge in [-0.25, -0.2) is 9.50 Å². The van der Waals surface area contributed by atoms with Crippen LogP contribution in [0.15, 0.2) is 12.4 Å². The average molecular weight is 320 g/mol. The summed E-state index contributed by atoms with van der Waals surface area (Å²) in [5.41, 5.74) is 7.34. The lowest BCUT2D eigenvalue weighted by Gasteiger charge is -2.29. The lowest BCUT2D eigenvalue weighted by atomic mass is 9.93. The molecule has 2 aromatic rings. The molecule has 0 aromatic carbocycles. The molecule has 8 heteroatoms. The number of nitrogens with zero attached hydrogens (tertiary/aromatic N) is 3. The maximum Gasteiger partial charge on any atom is 0.164 e. The van der Waals surface area contributed by atoms with E-state index in [4.69, 9.17) is 19.9 Å². The van der Waals surface area contributed by atoms with Crippen molar-refractivity contribution in [3.8, 4) is 0 Å². The molecular weight excluding hydrogens is 300 g/mol. The van der Waals surface area contributed by atoms with Gasteiger partial charge in [-0.05, 0) is 26.8 Å². The summed E-state index contributed by atoms with van der Waals surface area (Å²) in [6.07, 6.45) is 0.846. The number of anilines is 1. The van der Waals surface area contributed by atoms with E-state index in [0.29, 0.717) is 23.5 Å². The summed E-state index contributed by atoms with van der Waals surface area (Å²) in [5, 5.41) is 13.9. The van der Waals surface area contributed by atoms with E-state index < -0.39 is 11.4 Å². The molecule has 2 fully saturated rings. The third-order valence-electron chi connectivity index (χ3n) is 4.59. The third-order valence-corrected chi connectivity index (χ3v) is 4.59. The third kappa shape index (κ3) is 1.99. The van der Waals surface area contributed by atoms with Crippen LogP contribution >= 0.6 is 0 Å². The molecule has 2 aliphatic rings. The van der Waals surface area contributed by atoms with Crippen LogP contribution in [0.2, 0.25) is 0 Å². The molecular formula is C15H20N4O4. The number of hydrogen-bond donors (Lipinski definition) is 2. The smallest absolute Gasteiger partial charge is 0.164 e. The van der Waals surface area contributed by atoms with Gasteiger partial charge in [0.1, 0.15) is 29.7 Å². The fourth-order valence-electron chi connectivity index (χ4n) is 3.71. The summed E-state index contributed by atoms with van der Waals surface area (Å²) >= 11 is 0. The number of aromatic nitrogens is 3. The van der Waals surface area contributed by atoms with Crippen molar-refractivity contribution in [3.05, 3.63) is 23.7 Å². The molecule has 3 atom stereocenters. The van der Waals surface area contributed by atoms with Crippen LogP contribution in [0.5, 0.6) is 0 Å². The highest BCUT2D eigenvalue weighted by molar-refractivity contribution is 5.71. The minimum atomic E-state index is -0.664. The van der Waals surface area contributed by atoms with Crippen LogP contribution < -0.4 is 5.73 Å². The van der Waals surface area contributed by atoms with Crippen molar-refractivity contribution in [1.29, 1.82) is 0 Å². The molecule has 2 saturated heterocycles. The van der Waals surface area contributed by atoms with E-state index >= 15 is 0 Å². The molecule has 0 saturated carbocycles. The first-order chi connectivity index (χ1) is 10.9. The lowest BCUT2D eigenvalue weighted by Crippen LogP contribution is -2.38. The molecule has 23 heavy (non-hydrogen) atoms. The van der Waals surface area contributed by atoms with Crippen molar-refractivity contribution in [3.63, 3.8) is 0 Å². The lowest BCUT2D eigenvalue weighted by molar-refractivity contribution is -0.195. The zero-order chi connectivity index (χ0) is 16.4. The molecule has 0 unspecified atom stereocenters. The van der Waals surface area contributed by atoms with E-state index in [1.807, 2.05) is 26.8 Å². The number of fused-ring (bicyclic) bond motifs is 2. The number of rotatable bonds is 2. The summed E-state index contributed by atoms with van der Waals surface area (Å²) in [6, 6.07) is 1.84. The standard InChI is InChI=1S/C15H20N4O4/c1-14(2)22-10-6-21-12(15(10,3)23-14)9-4-8(5-20)11-13(16)17-7-18-19(9)11/h4,7,10,12,20H,5-6H2,1-3H3,(H2,16,17,18)/t10-,12+,15-/m1/s1. The van der Waals surface area contributed by atoms with Crippen molar-refractivity contribution in [1.82, 2.24) is 14.6 Å². The van der Waals surface area contributed by atoms with Gasteiger partial charge in [0.05, 0.1) is 18.9 Å². The number of hydrogen-bond acceptors (Lipinski definition) is 7. The Bertz CT molecular complexity index is 774. The highest BCUT2D eigenvalue weighted by Crippen LogP contribution is 2.50. The van der Waals surface area contributed by atoms with Crippen molar-refractivity contribution >= 4 is 11.3 Å². The first kappa shape index (κ1) is 14.8. The molecule has 0 spiro atoms. The largest absolute Gasteiger partial charge is 0.392 e. The zero-order valence-corrected chi connectivity index (χ0v) is 13.3. The molecule has 2 aromatic heterocycles. The number of ether oxygens (including phenoxy) is 3. The van der Waals surface area contributed by atoms with Crippen molar-refractivity contribution in [2.45, 2.75) is 51.0 Å². The fourth-order valence-corrected chi connectivity index (χ4v) is 3.71. The number of nitrogen functional groups attached to an aromatic ring is 1. The van der Waals surface area contributed by atoms with E-state index in [1.165, 1.54) is 6.33 Å². The number of nitrogens with two attached hydrogens (primary N) is 1. The van der Waals surface area contributed by atoms with Gasteiger partial charge in [-0.3, -0.25) is 0 Å². The minimum absolute atomic E-state index is 0.156. The Morgan fingerprint density at radius 2 is 2.22 bits per heavy atom. The first-order valence-electron chi connectivity index (χ1n) is 7.57. The van der Waals surface area contributed by atoms with Gasteiger partial charge in [-0.1, -0.05) is 0 Å². The van der Waals surface area contributed by atoms with E-state index in [-0.39, 0.29) is 18.8 Å². The van der Waals surface area contributed by atoms with E-state index in [9.17, 15) is 5.11 Å². The summed E-state index contributed by atoms with van der Waals surface area (Å²) in [4.78, 5) is 4.00. The summed E-state index contributed by atoms with van der Waals surface area (Å²) in [5.74, 6) is -0.346. The van der Waals surface area contributed by atoms with Crippen molar-refractivity contribution in [2.24, 2.45) is 0 Å². The SMILES string of the molecule is CC1(C)O[C@@H]2CO[C@@H](c3cc(CO)c4c(N)ncnn34)[C@]2(C)O1. The highest BCUT2D eigenvalue weighted by atomic mass is 16.8. The Morgan fingerprint density at radius 3 is 2.96 bits per heavy atom. The Kier molecular flexibility index (Phi) is 2.99. The Balaban J connectivity index is 1.86. The molecule has 124 valence electrons. The summed E-state index contributed by atoms with van der Waals surface area (Å²) in [6.45, 7) is 6.04. The quantitative estimate of drug-likeness (QED) is 0.842. The number of aliphatic hydroxyl groups is 1. The minimum Gasteiger partial charge on any atom is -0.392 e. The van der Waals surface area contributed by atoms with Gasteiger partial charge in [0, 0.05) is 5.56 Å². The van der Waals surface area contributed by atoms with Crippen LogP contribution in [0.25, 0.3) is 5.52 Å². The van der Waals surface area contributed by atoms with Gasteiger partial charge in [0.15, 0.2) is 11.6 Å². The molecule has 0 bridgehead atoms. The van der Waals surface area contributed by atoms with E-state index in [0.717, 1.165) is 5.69 Å². The Hall–Kier alpha value is -1.74. The first-order valence-corrected chi connectivity index (χ1v) is 7.57.